The van der Waals surface area contributed by atoms with Gasteiger partial charge in [0.25, 0.3) is 5.91 Å². The van der Waals surface area contributed by atoms with Gasteiger partial charge < -0.3 is 23.9 Å². The van der Waals surface area contributed by atoms with E-state index in [-0.39, 0.29) is 11.9 Å². The maximum atomic E-state index is 13.3. The first-order valence-electron chi connectivity index (χ1n) is 12.0. The van der Waals surface area contributed by atoms with Crippen molar-refractivity contribution >= 4 is 22.6 Å². The number of ether oxygens (including phenoxy) is 3. The van der Waals surface area contributed by atoms with Crippen LogP contribution in [0.2, 0.25) is 0 Å². The average Bonchev–Trinajstić information content (AvgIpc) is 3.27. The fourth-order valence-electron chi connectivity index (χ4n) is 4.74. The number of amides is 1. The fraction of sp³-hybridized carbons (Fsp3) is 0.276. The molecule has 7 heteroatoms. The molecule has 1 aliphatic rings. The maximum Gasteiger partial charge on any atom is 0.255 e. The predicted octanol–water partition coefficient (Wildman–Crippen LogP) is 5.43. The second-order valence-corrected chi connectivity index (χ2v) is 8.79. The van der Waals surface area contributed by atoms with E-state index in [1.54, 1.807) is 14.2 Å². The molecule has 2 heterocycles. The second kappa shape index (κ2) is 10.4. The highest BCUT2D eigenvalue weighted by atomic mass is 16.5. The summed E-state index contributed by atoms with van der Waals surface area (Å²) in [4.78, 5) is 15.6. The molecule has 0 bridgehead atoms. The van der Waals surface area contributed by atoms with E-state index in [9.17, 15) is 4.79 Å². The predicted molar refractivity (Wildman–Crippen MR) is 139 cm³/mol. The van der Waals surface area contributed by atoms with Crippen molar-refractivity contribution in [2.75, 3.05) is 45.8 Å². The minimum atomic E-state index is -0.334. The third-order valence-electron chi connectivity index (χ3n) is 6.56. The lowest BCUT2D eigenvalue weighted by Crippen LogP contribution is -2.39. The number of rotatable bonds is 7. The fourth-order valence-corrected chi connectivity index (χ4v) is 4.74. The van der Waals surface area contributed by atoms with E-state index in [0.29, 0.717) is 60.4 Å². The van der Waals surface area contributed by atoms with Crippen LogP contribution in [-0.2, 0) is 4.74 Å². The normalized spacial score (nSPS) is 15.0. The molecule has 1 aromatic heterocycles. The lowest BCUT2D eigenvalue weighted by molar-refractivity contribution is 0.0201. The van der Waals surface area contributed by atoms with Crippen molar-refractivity contribution in [1.29, 1.82) is 0 Å². The summed E-state index contributed by atoms with van der Waals surface area (Å²) in [6, 6.07) is 20.8. The Bertz CT molecular complexity index is 1360. The van der Waals surface area contributed by atoms with Crippen LogP contribution in [-0.4, -0.2) is 51.3 Å². The molecule has 7 nitrogen and oxygen atoms in total. The molecule has 0 radical (unpaired) electrons. The van der Waals surface area contributed by atoms with E-state index in [0.717, 1.165) is 16.5 Å². The van der Waals surface area contributed by atoms with Crippen molar-refractivity contribution in [2.24, 2.45) is 0 Å². The van der Waals surface area contributed by atoms with E-state index in [2.05, 4.69) is 10.2 Å². The first kappa shape index (κ1) is 23.9. The number of methoxy groups -OCH3 is 2. The quantitative estimate of drug-likeness (QED) is 0.375. The molecule has 0 saturated carbocycles. The summed E-state index contributed by atoms with van der Waals surface area (Å²) in [5.41, 5.74) is 3.92. The molecule has 1 aliphatic heterocycles. The van der Waals surface area contributed by atoms with Crippen molar-refractivity contribution in [2.45, 2.75) is 13.0 Å². The van der Waals surface area contributed by atoms with Crippen molar-refractivity contribution in [3.05, 3.63) is 89.2 Å². The molecule has 1 amide bonds. The Kier molecular flexibility index (Phi) is 6.93. The van der Waals surface area contributed by atoms with Crippen molar-refractivity contribution in [3.63, 3.8) is 0 Å². The molecular formula is C29H30N2O5. The highest BCUT2D eigenvalue weighted by Gasteiger charge is 2.34. The Labute approximate surface area is 210 Å². The van der Waals surface area contributed by atoms with E-state index in [1.807, 2.05) is 73.7 Å². The monoisotopic (exact) mass is 486 g/mol. The van der Waals surface area contributed by atoms with Crippen LogP contribution in [0.25, 0.3) is 11.0 Å². The number of aryl methyl sites for hydroxylation is 1. The number of carbonyl (C=O) groups excluding carboxylic acids is 1. The number of morpholine rings is 1. The number of nitrogens with zero attached hydrogens (tertiary/aromatic N) is 1. The van der Waals surface area contributed by atoms with Crippen LogP contribution in [0.15, 0.2) is 71.1 Å². The van der Waals surface area contributed by atoms with Crippen molar-refractivity contribution in [1.82, 2.24) is 4.90 Å². The van der Waals surface area contributed by atoms with Crippen molar-refractivity contribution < 1.29 is 23.4 Å². The maximum absolute atomic E-state index is 13.3. The molecule has 1 saturated heterocycles. The summed E-state index contributed by atoms with van der Waals surface area (Å²) in [6.07, 6.45) is 0. The lowest BCUT2D eigenvalue weighted by Gasteiger charge is -2.34. The van der Waals surface area contributed by atoms with Crippen LogP contribution in [0, 0.1) is 6.92 Å². The van der Waals surface area contributed by atoms with E-state index < -0.39 is 0 Å². The van der Waals surface area contributed by atoms with Crippen LogP contribution in [0.1, 0.15) is 33.3 Å². The first-order chi connectivity index (χ1) is 17.6. The molecule has 1 N–H and O–H groups in total. The third-order valence-corrected chi connectivity index (χ3v) is 6.56. The molecule has 5 rings (SSSR count). The molecule has 0 aliphatic carbocycles. The Morgan fingerprint density at radius 3 is 2.42 bits per heavy atom. The van der Waals surface area contributed by atoms with Gasteiger partial charge in [-0.1, -0.05) is 42.0 Å². The highest BCUT2D eigenvalue weighted by Crippen LogP contribution is 2.45. The summed E-state index contributed by atoms with van der Waals surface area (Å²) in [7, 11) is 3.26. The lowest BCUT2D eigenvalue weighted by atomic mass is 9.98. The Hall–Kier alpha value is -3.81. The number of fused-ring (bicyclic) bond motifs is 1. The van der Waals surface area contributed by atoms with Crippen molar-refractivity contribution in [3.8, 4) is 11.5 Å². The molecule has 1 atom stereocenters. The van der Waals surface area contributed by atoms with Gasteiger partial charge in [-0.25, -0.2) is 0 Å². The SMILES string of the molecule is COc1cccc([C@@H](c2oc3ccccc3c2NC(=O)c2ccc(C)cc2)N2CCOCC2)c1OC. The van der Waals surface area contributed by atoms with Gasteiger partial charge in [-0.15, -0.1) is 0 Å². The van der Waals surface area contributed by atoms with Gasteiger partial charge in [0.15, 0.2) is 17.3 Å². The molecule has 0 spiro atoms. The number of para-hydroxylation sites is 2. The zero-order valence-electron chi connectivity index (χ0n) is 20.7. The summed E-state index contributed by atoms with van der Waals surface area (Å²) in [5, 5.41) is 4.00. The summed E-state index contributed by atoms with van der Waals surface area (Å²) >= 11 is 0. The summed E-state index contributed by atoms with van der Waals surface area (Å²) in [6.45, 7) is 4.61. The Morgan fingerprint density at radius 2 is 1.69 bits per heavy atom. The molecule has 186 valence electrons. The Morgan fingerprint density at radius 1 is 0.944 bits per heavy atom. The van der Waals surface area contributed by atoms with E-state index in [1.165, 1.54) is 0 Å². The van der Waals surface area contributed by atoms with Crippen LogP contribution in [0.3, 0.4) is 0 Å². The zero-order valence-corrected chi connectivity index (χ0v) is 20.7. The van der Waals surface area contributed by atoms with Gasteiger partial charge in [0.05, 0.1) is 39.2 Å². The topological polar surface area (TPSA) is 73.2 Å². The zero-order chi connectivity index (χ0) is 25.1. The van der Waals surface area contributed by atoms with E-state index in [4.69, 9.17) is 18.6 Å². The van der Waals surface area contributed by atoms with Gasteiger partial charge in [-0.3, -0.25) is 9.69 Å². The van der Waals surface area contributed by atoms with Crippen LogP contribution >= 0.6 is 0 Å². The molecular weight excluding hydrogens is 456 g/mol. The van der Waals surface area contributed by atoms with Gasteiger partial charge in [-0.2, -0.15) is 0 Å². The minimum absolute atomic E-state index is 0.193. The van der Waals surface area contributed by atoms with Gasteiger partial charge in [0.2, 0.25) is 0 Å². The smallest absolute Gasteiger partial charge is 0.255 e. The number of hydrogen-bond acceptors (Lipinski definition) is 6. The van der Waals surface area contributed by atoms with Gasteiger partial charge in [-0.05, 0) is 37.3 Å². The number of carbonyl (C=O) groups is 1. The summed E-state index contributed by atoms with van der Waals surface area (Å²) in [5.74, 6) is 1.72. The molecule has 4 aromatic rings. The van der Waals surface area contributed by atoms with E-state index >= 15 is 0 Å². The molecule has 1 fully saturated rings. The van der Waals surface area contributed by atoms with Crippen LogP contribution < -0.4 is 14.8 Å². The minimum Gasteiger partial charge on any atom is -0.493 e. The number of benzene rings is 3. The Balaban J connectivity index is 1.67. The highest BCUT2D eigenvalue weighted by molar-refractivity contribution is 6.09. The van der Waals surface area contributed by atoms with Crippen LogP contribution in [0.5, 0.6) is 11.5 Å². The average molecular weight is 487 g/mol. The third kappa shape index (κ3) is 4.55. The molecule has 3 aromatic carbocycles. The number of nitrogens with one attached hydrogen (secondary N) is 1. The van der Waals surface area contributed by atoms with Gasteiger partial charge in [0.1, 0.15) is 5.58 Å². The largest absolute Gasteiger partial charge is 0.493 e. The number of anilines is 1. The van der Waals surface area contributed by atoms with Gasteiger partial charge >= 0.3 is 0 Å². The van der Waals surface area contributed by atoms with Gasteiger partial charge in [0, 0.05) is 29.6 Å². The second-order valence-electron chi connectivity index (χ2n) is 8.79. The van der Waals surface area contributed by atoms with Crippen LogP contribution in [0.4, 0.5) is 5.69 Å². The summed E-state index contributed by atoms with van der Waals surface area (Å²) < 4.78 is 23.6. The standard InChI is InChI=1S/C29H30N2O5/c1-19-11-13-20(14-12-19)29(32)30-25-21-7-4-5-9-23(21)36-28(25)26(31-15-17-35-18-16-31)22-8-6-10-24(33-2)27(22)34-3/h4-14,26H,15-18H2,1-3H3,(H,30,32)/t26-/m0/s1. The number of hydrogen-bond donors (Lipinski definition) is 1. The first-order valence-corrected chi connectivity index (χ1v) is 12.0. The molecule has 36 heavy (non-hydrogen) atoms. The molecule has 0 unspecified atom stereocenters. The number of furan rings is 1.